The summed E-state index contributed by atoms with van der Waals surface area (Å²) in [5.41, 5.74) is 8.36. The second kappa shape index (κ2) is 8.57. The standard InChI is InChI=1S/C23H28N4O2/c1-23(2,3)19(20(29-4)21(24)28)22-26-18(17-8-6-5-7-9-17)15-27(22)14-16-10-12-25-13-11-16/h5-13,15,19-20H,14H2,1-4H3,(H2,24,28)/t19-,20?/m0/s1. The number of primary amides is 1. The van der Waals surface area contributed by atoms with Gasteiger partial charge in [0, 0.05) is 37.8 Å². The number of carbonyl (C=O) groups excluding carboxylic acids is 1. The van der Waals surface area contributed by atoms with Crippen molar-refractivity contribution in [2.45, 2.75) is 39.3 Å². The number of aromatic nitrogens is 3. The Hall–Kier alpha value is -2.99. The number of ether oxygens (including phenoxy) is 1. The molecule has 1 unspecified atom stereocenters. The predicted molar refractivity (Wildman–Crippen MR) is 113 cm³/mol. The molecule has 0 bridgehead atoms. The molecule has 0 aliphatic rings. The summed E-state index contributed by atoms with van der Waals surface area (Å²) in [6.07, 6.45) is 4.79. The van der Waals surface area contributed by atoms with Crippen LogP contribution >= 0.6 is 0 Å². The number of benzene rings is 1. The fourth-order valence-electron chi connectivity index (χ4n) is 3.63. The summed E-state index contributed by atoms with van der Waals surface area (Å²) >= 11 is 0. The van der Waals surface area contributed by atoms with E-state index in [9.17, 15) is 4.79 Å². The SMILES string of the molecule is COC(C(N)=O)[C@@H](c1nc(-c2ccccc2)cn1Cc1ccncc1)C(C)(C)C. The Morgan fingerprint density at radius 1 is 1.14 bits per heavy atom. The first kappa shape index (κ1) is 20.7. The first-order chi connectivity index (χ1) is 13.8. The third-order valence-electron chi connectivity index (χ3n) is 5.03. The van der Waals surface area contributed by atoms with E-state index in [1.165, 1.54) is 7.11 Å². The summed E-state index contributed by atoms with van der Waals surface area (Å²) in [5, 5.41) is 0. The molecule has 0 aliphatic heterocycles. The van der Waals surface area contributed by atoms with Gasteiger partial charge in [0.1, 0.15) is 11.9 Å². The van der Waals surface area contributed by atoms with Gasteiger partial charge in [-0.3, -0.25) is 9.78 Å². The molecule has 0 saturated heterocycles. The number of hydrogen-bond donors (Lipinski definition) is 1. The number of nitrogens with zero attached hydrogens (tertiary/aromatic N) is 3. The van der Waals surface area contributed by atoms with Crippen LogP contribution in [0.15, 0.2) is 61.1 Å². The number of methoxy groups -OCH3 is 1. The van der Waals surface area contributed by atoms with E-state index in [0.717, 1.165) is 22.6 Å². The van der Waals surface area contributed by atoms with Crippen molar-refractivity contribution in [1.82, 2.24) is 14.5 Å². The predicted octanol–water partition coefficient (Wildman–Crippen LogP) is 3.62. The van der Waals surface area contributed by atoms with Crippen LogP contribution in [0.4, 0.5) is 0 Å². The number of imidazole rings is 1. The van der Waals surface area contributed by atoms with Crippen molar-refractivity contribution in [2.75, 3.05) is 7.11 Å². The van der Waals surface area contributed by atoms with Crippen molar-refractivity contribution in [1.29, 1.82) is 0 Å². The van der Waals surface area contributed by atoms with E-state index in [-0.39, 0.29) is 11.3 Å². The number of pyridine rings is 1. The van der Waals surface area contributed by atoms with Crippen molar-refractivity contribution >= 4 is 5.91 Å². The van der Waals surface area contributed by atoms with Crippen molar-refractivity contribution in [3.8, 4) is 11.3 Å². The van der Waals surface area contributed by atoms with E-state index < -0.39 is 12.0 Å². The van der Waals surface area contributed by atoms with Gasteiger partial charge < -0.3 is 15.0 Å². The van der Waals surface area contributed by atoms with E-state index in [1.54, 1.807) is 12.4 Å². The minimum atomic E-state index is -0.780. The maximum absolute atomic E-state index is 12.2. The van der Waals surface area contributed by atoms with E-state index in [2.05, 4.69) is 30.3 Å². The molecular weight excluding hydrogens is 364 g/mol. The molecule has 6 nitrogen and oxygen atoms in total. The molecule has 0 saturated carbocycles. The summed E-state index contributed by atoms with van der Waals surface area (Å²) in [7, 11) is 1.52. The smallest absolute Gasteiger partial charge is 0.247 e. The van der Waals surface area contributed by atoms with Crippen LogP contribution in [-0.2, 0) is 16.1 Å². The Morgan fingerprint density at radius 2 is 1.79 bits per heavy atom. The highest BCUT2D eigenvalue weighted by molar-refractivity contribution is 5.80. The van der Waals surface area contributed by atoms with Gasteiger partial charge in [-0.2, -0.15) is 0 Å². The lowest BCUT2D eigenvalue weighted by atomic mass is 9.76. The van der Waals surface area contributed by atoms with Gasteiger partial charge in [0.25, 0.3) is 0 Å². The topological polar surface area (TPSA) is 83.0 Å². The van der Waals surface area contributed by atoms with Crippen molar-refractivity contribution in [3.63, 3.8) is 0 Å². The molecule has 1 aromatic carbocycles. The average molecular weight is 393 g/mol. The van der Waals surface area contributed by atoms with Gasteiger partial charge in [0.05, 0.1) is 11.6 Å². The van der Waals surface area contributed by atoms with E-state index in [4.69, 9.17) is 15.5 Å². The van der Waals surface area contributed by atoms with Gasteiger partial charge in [-0.25, -0.2) is 4.98 Å². The summed E-state index contributed by atoms with van der Waals surface area (Å²) in [4.78, 5) is 21.2. The highest BCUT2D eigenvalue weighted by Gasteiger charge is 2.40. The Labute approximate surface area is 171 Å². The molecule has 0 fully saturated rings. The summed E-state index contributed by atoms with van der Waals surface area (Å²) in [5.74, 6) is -0.0322. The first-order valence-electron chi connectivity index (χ1n) is 9.64. The van der Waals surface area contributed by atoms with E-state index in [1.807, 2.05) is 48.7 Å². The van der Waals surface area contributed by atoms with Crippen LogP contribution in [0.2, 0.25) is 0 Å². The molecule has 152 valence electrons. The molecule has 2 N–H and O–H groups in total. The lowest BCUT2D eigenvalue weighted by Crippen LogP contribution is -2.42. The van der Waals surface area contributed by atoms with Crippen LogP contribution in [0.25, 0.3) is 11.3 Å². The number of amides is 1. The number of hydrogen-bond acceptors (Lipinski definition) is 4. The fourth-order valence-corrected chi connectivity index (χ4v) is 3.63. The fraction of sp³-hybridized carbons (Fsp3) is 0.348. The molecule has 0 spiro atoms. The molecule has 2 heterocycles. The van der Waals surface area contributed by atoms with Crippen molar-refractivity contribution < 1.29 is 9.53 Å². The van der Waals surface area contributed by atoms with Gasteiger partial charge in [-0.15, -0.1) is 0 Å². The maximum Gasteiger partial charge on any atom is 0.247 e. The van der Waals surface area contributed by atoms with Gasteiger partial charge in [-0.1, -0.05) is 51.1 Å². The summed E-state index contributed by atoms with van der Waals surface area (Å²) in [6.45, 7) is 6.82. The molecule has 29 heavy (non-hydrogen) atoms. The average Bonchev–Trinajstić information content (AvgIpc) is 3.09. The summed E-state index contributed by atoms with van der Waals surface area (Å²) in [6, 6.07) is 13.9. The zero-order valence-electron chi connectivity index (χ0n) is 17.4. The third kappa shape index (κ3) is 4.71. The molecular formula is C23H28N4O2. The molecule has 0 aliphatic carbocycles. The number of nitrogens with two attached hydrogens (primary N) is 1. The first-order valence-corrected chi connectivity index (χ1v) is 9.64. The van der Waals surface area contributed by atoms with Gasteiger partial charge in [0.2, 0.25) is 5.91 Å². The zero-order chi connectivity index (χ0) is 21.0. The maximum atomic E-state index is 12.2. The van der Waals surface area contributed by atoms with Crippen LogP contribution < -0.4 is 5.73 Å². The quantitative estimate of drug-likeness (QED) is 0.666. The van der Waals surface area contributed by atoms with Crippen LogP contribution in [-0.4, -0.2) is 33.7 Å². The van der Waals surface area contributed by atoms with Gasteiger partial charge >= 0.3 is 0 Å². The number of carbonyl (C=O) groups is 1. The largest absolute Gasteiger partial charge is 0.371 e. The van der Waals surface area contributed by atoms with E-state index in [0.29, 0.717) is 6.54 Å². The highest BCUT2D eigenvalue weighted by Crippen LogP contribution is 2.39. The van der Waals surface area contributed by atoms with Crippen LogP contribution in [0, 0.1) is 5.41 Å². The molecule has 2 atom stereocenters. The Bertz CT molecular complexity index is 946. The second-order valence-corrected chi connectivity index (χ2v) is 8.24. The Morgan fingerprint density at radius 3 is 2.34 bits per heavy atom. The molecule has 6 heteroatoms. The molecule has 2 aromatic heterocycles. The minimum absolute atomic E-state index is 0.301. The zero-order valence-corrected chi connectivity index (χ0v) is 17.4. The number of rotatable bonds is 7. The lowest BCUT2D eigenvalue weighted by Gasteiger charge is -2.34. The monoisotopic (exact) mass is 392 g/mol. The van der Waals surface area contributed by atoms with Crippen molar-refractivity contribution in [2.24, 2.45) is 11.1 Å². The molecule has 3 rings (SSSR count). The van der Waals surface area contributed by atoms with E-state index >= 15 is 0 Å². The van der Waals surface area contributed by atoms with Gasteiger partial charge in [0.15, 0.2) is 0 Å². The highest BCUT2D eigenvalue weighted by atomic mass is 16.5. The van der Waals surface area contributed by atoms with Crippen molar-refractivity contribution in [3.05, 3.63) is 72.4 Å². The minimum Gasteiger partial charge on any atom is -0.371 e. The van der Waals surface area contributed by atoms with Gasteiger partial charge in [-0.05, 0) is 23.1 Å². The third-order valence-corrected chi connectivity index (χ3v) is 5.03. The molecule has 0 radical (unpaired) electrons. The normalized spacial score (nSPS) is 13.8. The molecule has 1 amide bonds. The Kier molecular flexibility index (Phi) is 6.13. The lowest BCUT2D eigenvalue weighted by molar-refractivity contribution is -0.131. The van der Waals surface area contributed by atoms with Crippen LogP contribution in [0.1, 0.15) is 38.1 Å². The molecule has 3 aromatic rings. The Balaban J connectivity index is 2.15. The van der Waals surface area contributed by atoms with Crippen LogP contribution in [0.5, 0.6) is 0 Å². The van der Waals surface area contributed by atoms with Crippen LogP contribution in [0.3, 0.4) is 0 Å². The summed E-state index contributed by atoms with van der Waals surface area (Å²) < 4.78 is 7.62. The second-order valence-electron chi connectivity index (χ2n) is 8.24.